The Balaban J connectivity index is 1.71. The zero-order valence-corrected chi connectivity index (χ0v) is 18.3. The van der Waals surface area contributed by atoms with Crippen molar-refractivity contribution in [1.82, 2.24) is 20.4 Å². The van der Waals surface area contributed by atoms with Gasteiger partial charge < -0.3 is 10.2 Å². The lowest BCUT2D eigenvalue weighted by atomic mass is 10.1. The number of carbonyl (C=O) groups is 2. The average molecular weight is 421 g/mol. The molecule has 7 nitrogen and oxygen atoms in total. The maximum atomic E-state index is 12.3. The van der Waals surface area contributed by atoms with Crippen LogP contribution in [0.3, 0.4) is 0 Å². The number of imide groups is 1. The summed E-state index contributed by atoms with van der Waals surface area (Å²) in [6.45, 7) is 5.30. The molecule has 0 radical (unpaired) electrons. The van der Waals surface area contributed by atoms with Crippen LogP contribution >= 0.6 is 0 Å². The molecule has 0 bridgehead atoms. The third-order valence-corrected chi connectivity index (χ3v) is 4.74. The number of quaternary nitrogens is 1. The van der Waals surface area contributed by atoms with Crippen molar-refractivity contribution in [3.05, 3.63) is 72.4 Å². The number of hydrogen-bond acceptors (Lipinski definition) is 3. The summed E-state index contributed by atoms with van der Waals surface area (Å²) in [6, 6.07) is 19.5. The maximum Gasteiger partial charge on any atom is 0.321 e. The number of para-hydroxylation sites is 1. The largest absolute Gasteiger partial charge is 0.338 e. The van der Waals surface area contributed by atoms with E-state index in [0.29, 0.717) is 19.0 Å². The van der Waals surface area contributed by atoms with E-state index in [4.69, 9.17) is 5.10 Å². The molecule has 0 saturated heterocycles. The van der Waals surface area contributed by atoms with Gasteiger partial charge in [0.15, 0.2) is 6.54 Å². The summed E-state index contributed by atoms with van der Waals surface area (Å²) < 4.78 is 1.87. The molecule has 3 amide bonds. The summed E-state index contributed by atoms with van der Waals surface area (Å²) in [6.07, 6.45) is 2.01. The fraction of sp³-hybridized carbons (Fsp3) is 0.292. The first-order valence-corrected chi connectivity index (χ1v) is 10.5. The summed E-state index contributed by atoms with van der Waals surface area (Å²) in [5, 5.41) is 9.90. The minimum absolute atomic E-state index is 0.180. The fourth-order valence-corrected chi connectivity index (χ4v) is 3.26. The summed E-state index contributed by atoms with van der Waals surface area (Å²) in [4.78, 5) is 25.1. The Morgan fingerprint density at radius 2 is 1.68 bits per heavy atom. The second-order valence-corrected chi connectivity index (χ2v) is 8.11. The molecule has 7 heteroatoms. The number of nitrogens with one attached hydrogen (secondary N) is 3. The van der Waals surface area contributed by atoms with Crippen molar-refractivity contribution in [3.8, 4) is 16.9 Å². The minimum Gasteiger partial charge on any atom is -0.338 e. The van der Waals surface area contributed by atoms with E-state index in [1.165, 1.54) is 0 Å². The van der Waals surface area contributed by atoms with Gasteiger partial charge in [0.05, 0.1) is 18.3 Å². The van der Waals surface area contributed by atoms with Crippen LogP contribution in [-0.4, -0.2) is 41.9 Å². The van der Waals surface area contributed by atoms with Crippen molar-refractivity contribution in [2.45, 2.75) is 20.4 Å². The van der Waals surface area contributed by atoms with Crippen LogP contribution in [0.15, 0.2) is 66.9 Å². The number of benzene rings is 2. The number of urea groups is 1. The lowest BCUT2D eigenvalue weighted by Crippen LogP contribution is -3.09. The molecule has 1 unspecified atom stereocenters. The molecular formula is C24H30N5O2+. The normalized spacial score (nSPS) is 11.9. The molecule has 1 aromatic heterocycles. The summed E-state index contributed by atoms with van der Waals surface area (Å²) >= 11 is 0. The second kappa shape index (κ2) is 10.5. The Labute approximate surface area is 183 Å². The first kappa shape index (κ1) is 22.2. The Morgan fingerprint density at radius 3 is 2.32 bits per heavy atom. The molecule has 0 aliphatic rings. The third-order valence-electron chi connectivity index (χ3n) is 4.74. The topological polar surface area (TPSA) is 80.5 Å². The van der Waals surface area contributed by atoms with Gasteiger partial charge in [0.2, 0.25) is 0 Å². The van der Waals surface area contributed by atoms with Crippen LogP contribution in [0.25, 0.3) is 16.9 Å². The highest BCUT2D eigenvalue weighted by atomic mass is 16.2. The van der Waals surface area contributed by atoms with Gasteiger partial charge in [-0.25, -0.2) is 9.48 Å². The van der Waals surface area contributed by atoms with Gasteiger partial charge in [-0.05, 0) is 18.1 Å². The second-order valence-electron chi connectivity index (χ2n) is 8.11. The van der Waals surface area contributed by atoms with Crippen molar-refractivity contribution in [3.63, 3.8) is 0 Å². The van der Waals surface area contributed by atoms with Crippen LogP contribution < -0.4 is 15.5 Å². The van der Waals surface area contributed by atoms with Gasteiger partial charge in [0.1, 0.15) is 12.2 Å². The number of likely N-dealkylation sites (N-methyl/N-ethyl adjacent to an activating group) is 1. The number of aromatic nitrogens is 2. The van der Waals surface area contributed by atoms with Gasteiger partial charge in [-0.3, -0.25) is 10.1 Å². The van der Waals surface area contributed by atoms with E-state index in [0.717, 1.165) is 27.4 Å². The molecule has 1 heterocycles. The molecule has 3 N–H and O–H groups in total. The third kappa shape index (κ3) is 6.52. The Morgan fingerprint density at radius 1 is 1.03 bits per heavy atom. The first-order chi connectivity index (χ1) is 14.9. The van der Waals surface area contributed by atoms with E-state index in [1.807, 2.05) is 92.4 Å². The lowest BCUT2D eigenvalue weighted by Gasteiger charge is -2.14. The van der Waals surface area contributed by atoms with Gasteiger partial charge in [0.25, 0.3) is 5.91 Å². The summed E-state index contributed by atoms with van der Waals surface area (Å²) in [5.74, 6) is 0.0159. The molecule has 3 rings (SSSR count). The van der Waals surface area contributed by atoms with Crippen molar-refractivity contribution in [1.29, 1.82) is 0 Å². The quantitative estimate of drug-likeness (QED) is 0.522. The van der Waals surface area contributed by atoms with Crippen LogP contribution in [0.4, 0.5) is 4.79 Å². The van der Waals surface area contributed by atoms with Gasteiger partial charge in [-0.1, -0.05) is 62.4 Å². The zero-order chi connectivity index (χ0) is 22.2. The molecule has 0 aliphatic carbocycles. The molecule has 3 aromatic rings. The fourth-order valence-electron chi connectivity index (χ4n) is 3.26. The minimum atomic E-state index is -0.451. The van der Waals surface area contributed by atoms with Crippen molar-refractivity contribution in [2.75, 3.05) is 20.1 Å². The van der Waals surface area contributed by atoms with Crippen LogP contribution in [0.5, 0.6) is 0 Å². The highest BCUT2D eigenvalue weighted by Crippen LogP contribution is 2.23. The van der Waals surface area contributed by atoms with Crippen molar-refractivity contribution >= 4 is 11.9 Å². The predicted octanol–water partition coefficient (Wildman–Crippen LogP) is 2.04. The molecule has 162 valence electrons. The molecular weight excluding hydrogens is 390 g/mol. The van der Waals surface area contributed by atoms with Crippen LogP contribution in [-0.2, 0) is 11.3 Å². The lowest BCUT2D eigenvalue weighted by molar-refractivity contribution is -0.885. The molecule has 0 spiro atoms. The van der Waals surface area contributed by atoms with Crippen molar-refractivity contribution in [2.24, 2.45) is 5.92 Å². The van der Waals surface area contributed by atoms with Gasteiger partial charge in [-0.15, -0.1) is 0 Å². The smallest absolute Gasteiger partial charge is 0.321 e. The highest BCUT2D eigenvalue weighted by Gasteiger charge is 2.18. The van der Waals surface area contributed by atoms with E-state index in [2.05, 4.69) is 10.6 Å². The van der Waals surface area contributed by atoms with E-state index < -0.39 is 6.03 Å². The number of nitrogens with zero attached hydrogens (tertiary/aromatic N) is 2. The summed E-state index contributed by atoms with van der Waals surface area (Å²) in [5.41, 5.74) is 3.92. The highest BCUT2D eigenvalue weighted by molar-refractivity contribution is 5.94. The molecule has 1 atom stereocenters. The average Bonchev–Trinajstić information content (AvgIpc) is 3.17. The first-order valence-electron chi connectivity index (χ1n) is 10.5. The summed E-state index contributed by atoms with van der Waals surface area (Å²) in [7, 11) is 1.93. The van der Waals surface area contributed by atoms with E-state index in [-0.39, 0.29) is 12.5 Å². The zero-order valence-electron chi connectivity index (χ0n) is 18.3. The SMILES string of the molecule is CC(C)CNC(=O)NC(=O)C[NH+](C)Cc1cn(-c2ccccc2)nc1-c1ccccc1. The maximum absolute atomic E-state index is 12.3. The molecule has 0 saturated carbocycles. The number of hydrogen-bond donors (Lipinski definition) is 3. The molecule has 0 aliphatic heterocycles. The Bertz CT molecular complexity index is 999. The van der Waals surface area contributed by atoms with Crippen LogP contribution in [0, 0.1) is 5.92 Å². The predicted molar refractivity (Wildman–Crippen MR) is 121 cm³/mol. The molecule has 0 fully saturated rings. The van der Waals surface area contributed by atoms with E-state index in [9.17, 15) is 9.59 Å². The van der Waals surface area contributed by atoms with Gasteiger partial charge in [-0.2, -0.15) is 5.10 Å². The van der Waals surface area contributed by atoms with Gasteiger partial charge in [0, 0.05) is 18.3 Å². The van der Waals surface area contributed by atoms with Crippen LogP contribution in [0.1, 0.15) is 19.4 Å². The Hall–Kier alpha value is -3.45. The monoisotopic (exact) mass is 420 g/mol. The van der Waals surface area contributed by atoms with Crippen LogP contribution in [0.2, 0.25) is 0 Å². The van der Waals surface area contributed by atoms with Crippen molar-refractivity contribution < 1.29 is 14.5 Å². The number of amides is 3. The molecule has 2 aromatic carbocycles. The molecule has 31 heavy (non-hydrogen) atoms. The van der Waals surface area contributed by atoms with E-state index >= 15 is 0 Å². The van der Waals surface area contributed by atoms with Gasteiger partial charge >= 0.3 is 6.03 Å². The standard InChI is InChI=1S/C24H29N5O2/c1-18(2)14-25-24(31)26-22(30)17-28(3)15-20-16-29(21-12-8-5-9-13-21)27-23(20)19-10-6-4-7-11-19/h4-13,16,18H,14-15,17H2,1-3H3,(H2,25,26,30,31)/p+1. The van der Waals surface area contributed by atoms with E-state index in [1.54, 1.807) is 0 Å². The number of rotatable bonds is 8. The Kier molecular flexibility index (Phi) is 7.56. The number of carbonyl (C=O) groups excluding carboxylic acids is 2.